The lowest BCUT2D eigenvalue weighted by molar-refractivity contribution is -0.116. The summed E-state index contributed by atoms with van der Waals surface area (Å²) in [6.07, 6.45) is 6.41. The van der Waals surface area contributed by atoms with Gasteiger partial charge >= 0.3 is 0 Å². The van der Waals surface area contributed by atoms with Crippen LogP contribution in [-0.4, -0.2) is 26.2 Å². The molecule has 0 radical (unpaired) electrons. The van der Waals surface area contributed by atoms with Crippen molar-refractivity contribution in [3.8, 4) is 11.5 Å². The van der Waals surface area contributed by atoms with Gasteiger partial charge in [0.2, 0.25) is 17.6 Å². The number of hydrogen-bond acceptors (Lipinski definition) is 7. The van der Waals surface area contributed by atoms with Gasteiger partial charge < -0.3 is 14.4 Å². The summed E-state index contributed by atoms with van der Waals surface area (Å²) in [5.41, 5.74) is 1.32. The van der Waals surface area contributed by atoms with Gasteiger partial charge in [-0.2, -0.15) is 4.98 Å². The highest BCUT2D eigenvalue weighted by atomic mass is 16.5. The summed E-state index contributed by atoms with van der Waals surface area (Å²) in [5, 5.41) is 10.2. The summed E-state index contributed by atoms with van der Waals surface area (Å²) in [4.78, 5) is 19.8. The van der Waals surface area contributed by atoms with Crippen molar-refractivity contribution >= 4 is 12.0 Å². The average molecular weight is 311 g/mol. The number of nitrogens with zero attached hydrogens (tertiary/aromatic N) is 4. The Kier molecular flexibility index (Phi) is 4.23. The van der Waals surface area contributed by atoms with Crippen LogP contribution >= 0.6 is 0 Å². The molecular weight excluding hydrogens is 298 g/mol. The van der Waals surface area contributed by atoms with Gasteiger partial charge in [0.15, 0.2) is 5.69 Å². The summed E-state index contributed by atoms with van der Waals surface area (Å²) < 4.78 is 9.99. The summed E-state index contributed by atoms with van der Waals surface area (Å²) in [7, 11) is 0. The Morgan fingerprint density at radius 3 is 3.00 bits per heavy atom. The van der Waals surface area contributed by atoms with Crippen molar-refractivity contribution in [1.29, 1.82) is 0 Å². The van der Waals surface area contributed by atoms with E-state index in [1.54, 1.807) is 37.5 Å². The van der Waals surface area contributed by atoms with Gasteiger partial charge in [0.25, 0.3) is 0 Å². The lowest BCUT2D eigenvalue weighted by atomic mass is 10.2. The van der Waals surface area contributed by atoms with Crippen LogP contribution in [0.1, 0.15) is 17.2 Å². The third kappa shape index (κ3) is 3.88. The standard InChI is InChI=1S/C15H13N5O3/c1-10-7-12(19-22-10)15-18-14(23-20-15)9-17-13(21)5-4-11-3-2-6-16-8-11/h2-8H,9H2,1H3,(H,17,21). The third-order valence-electron chi connectivity index (χ3n) is 2.85. The Morgan fingerprint density at radius 1 is 1.35 bits per heavy atom. The molecule has 0 fully saturated rings. The topological polar surface area (TPSA) is 107 Å². The second-order valence-corrected chi connectivity index (χ2v) is 4.67. The van der Waals surface area contributed by atoms with Crippen molar-refractivity contribution in [3.05, 3.63) is 53.9 Å². The Labute approximate surface area is 131 Å². The minimum Gasteiger partial charge on any atom is -0.361 e. The minimum absolute atomic E-state index is 0.125. The number of rotatable bonds is 5. The smallest absolute Gasteiger partial charge is 0.246 e. The molecule has 0 atom stereocenters. The SMILES string of the molecule is Cc1cc(-c2noc(CNC(=O)C=Cc3cccnc3)n2)no1. The van der Waals surface area contributed by atoms with E-state index in [2.05, 4.69) is 25.6 Å². The molecule has 23 heavy (non-hydrogen) atoms. The number of hydrogen-bond donors (Lipinski definition) is 1. The number of carbonyl (C=O) groups is 1. The molecule has 0 saturated heterocycles. The van der Waals surface area contributed by atoms with Crippen molar-refractivity contribution in [2.75, 3.05) is 0 Å². The van der Waals surface area contributed by atoms with Crippen LogP contribution in [0, 0.1) is 6.92 Å². The number of aromatic nitrogens is 4. The normalized spacial score (nSPS) is 11.0. The lowest BCUT2D eigenvalue weighted by Gasteiger charge is -1.96. The zero-order valence-corrected chi connectivity index (χ0v) is 12.3. The minimum atomic E-state index is -0.272. The molecule has 0 aliphatic heterocycles. The third-order valence-corrected chi connectivity index (χ3v) is 2.85. The molecule has 0 bridgehead atoms. The molecule has 0 aliphatic rings. The van der Waals surface area contributed by atoms with E-state index in [9.17, 15) is 4.79 Å². The van der Waals surface area contributed by atoms with Gasteiger partial charge in [-0.05, 0) is 24.6 Å². The van der Waals surface area contributed by atoms with Crippen LogP contribution in [0.3, 0.4) is 0 Å². The van der Waals surface area contributed by atoms with Crippen LogP contribution in [0.2, 0.25) is 0 Å². The average Bonchev–Trinajstić information content (AvgIpc) is 3.20. The van der Waals surface area contributed by atoms with E-state index in [1.165, 1.54) is 6.08 Å². The van der Waals surface area contributed by atoms with E-state index in [1.807, 2.05) is 6.07 Å². The molecule has 1 N–H and O–H groups in total. The van der Waals surface area contributed by atoms with Crippen LogP contribution < -0.4 is 5.32 Å². The first-order chi connectivity index (χ1) is 11.2. The predicted octanol–water partition coefficient (Wildman–Crippen LogP) is 1.76. The molecule has 3 rings (SSSR count). The highest BCUT2D eigenvalue weighted by Gasteiger charge is 2.12. The number of amides is 1. The molecule has 3 aromatic rings. The largest absolute Gasteiger partial charge is 0.361 e. The Bertz CT molecular complexity index is 823. The second kappa shape index (κ2) is 6.65. The zero-order valence-electron chi connectivity index (χ0n) is 12.3. The Morgan fingerprint density at radius 2 is 2.26 bits per heavy atom. The van der Waals surface area contributed by atoms with Crippen molar-refractivity contribution in [3.63, 3.8) is 0 Å². The van der Waals surface area contributed by atoms with E-state index in [0.29, 0.717) is 17.3 Å². The number of pyridine rings is 1. The summed E-state index contributed by atoms with van der Waals surface area (Å²) in [6, 6.07) is 5.34. The molecule has 0 unspecified atom stereocenters. The van der Waals surface area contributed by atoms with Crippen molar-refractivity contribution in [2.24, 2.45) is 0 Å². The van der Waals surface area contributed by atoms with Crippen molar-refractivity contribution in [1.82, 2.24) is 25.6 Å². The maximum Gasteiger partial charge on any atom is 0.246 e. The van der Waals surface area contributed by atoms with Gasteiger partial charge in [-0.1, -0.05) is 16.4 Å². The lowest BCUT2D eigenvalue weighted by Crippen LogP contribution is -2.20. The fourth-order valence-electron chi connectivity index (χ4n) is 1.77. The highest BCUT2D eigenvalue weighted by Crippen LogP contribution is 2.14. The first-order valence-electron chi connectivity index (χ1n) is 6.83. The highest BCUT2D eigenvalue weighted by molar-refractivity contribution is 5.91. The van der Waals surface area contributed by atoms with E-state index >= 15 is 0 Å². The predicted molar refractivity (Wildman–Crippen MR) is 79.6 cm³/mol. The summed E-state index contributed by atoms with van der Waals surface area (Å²) >= 11 is 0. The van der Waals surface area contributed by atoms with Gasteiger partial charge in [0.1, 0.15) is 5.76 Å². The van der Waals surface area contributed by atoms with Gasteiger partial charge in [-0.15, -0.1) is 0 Å². The Hall–Kier alpha value is -3.29. The van der Waals surface area contributed by atoms with Gasteiger partial charge in [-0.3, -0.25) is 9.78 Å². The van der Waals surface area contributed by atoms with E-state index < -0.39 is 0 Å². The quantitative estimate of drug-likeness (QED) is 0.715. The molecule has 1 amide bonds. The first kappa shape index (κ1) is 14.6. The number of nitrogens with one attached hydrogen (secondary N) is 1. The molecule has 8 nitrogen and oxygen atoms in total. The number of carbonyl (C=O) groups excluding carboxylic acids is 1. The zero-order chi connectivity index (χ0) is 16.1. The molecule has 0 aliphatic carbocycles. The molecule has 116 valence electrons. The first-order valence-corrected chi connectivity index (χ1v) is 6.83. The fraction of sp³-hybridized carbons (Fsp3) is 0.133. The molecule has 0 aromatic carbocycles. The maximum atomic E-state index is 11.7. The monoisotopic (exact) mass is 311 g/mol. The summed E-state index contributed by atoms with van der Waals surface area (Å²) in [5.74, 6) is 0.979. The molecule has 3 aromatic heterocycles. The van der Waals surface area contributed by atoms with E-state index in [-0.39, 0.29) is 18.3 Å². The van der Waals surface area contributed by atoms with Crippen LogP contribution in [0.25, 0.3) is 17.6 Å². The Balaban J connectivity index is 1.55. The number of aryl methyl sites for hydroxylation is 1. The maximum absolute atomic E-state index is 11.7. The van der Waals surface area contributed by atoms with E-state index in [4.69, 9.17) is 9.05 Å². The van der Waals surface area contributed by atoms with Crippen LogP contribution in [0.5, 0.6) is 0 Å². The van der Waals surface area contributed by atoms with Gasteiger partial charge in [0.05, 0.1) is 6.54 Å². The van der Waals surface area contributed by atoms with Crippen molar-refractivity contribution < 1.29 is 13.8 Å². The van der Waals surface area contributed by atoms with Crippen LogP contribution in [-0.2, 0) is 11.3 Å². The summed E-state index contributed by atoms with van der Waals surface area (Å²) in [6.45, 7) is 1.90. The molecule has 8 heteroatoms. The second-order valence-electron chi connectivity index (χ2n) is 4.67. The van der Waals surface area contributed by atoms with Crippen LogP contribution in [0.15, 0.2) is 45.7 Å². The molecular formula is C15H13N5O3. The fourth-order valence-corrected chi connectivity index (χ4v) is 1.77. The molecule has 3 heterocycles. The van der Waals surface area contributed by atoms with Crippen LogP contribution in [0.4, 0.5) is 0 Å². The molecule has 0 saturated carbocycles. The van der Waals surface area contributed by atoms with Gasteiger partial charge in [0, 0.05) is 24.5 Å². The van der Waals surface area contributed by atoms with Crippen molar-refractivity contribution in [2.45, 2.75) is 13.5 Å². The molecule has 0 spiro atoms. The van der Waals surface area contributed by atoms with E-state index in [0.717, 1.165) is 5.56 Å². The van der Waals surface area contributed by atoms with Gasteiger partial charge in [-0.25, -0.2) is 0 Å².